The molecule has 0 radical (unpaired) electrons. The third-order valence-electron chi connectivity index (χ3n) is 6.35. The van der Waals surface area contributed by atoms with E-state index in [-0.39, 0.29) is 11.6 Å². The fraction of sp³-hybridized carbons (Fsp3) is 0.0588. The molecule has 226 valence electrons. The fourth-order valence-corrected chi connectivity index (χ4v) is 6.21. The largest absolute Gasteiger partial charge is 0.321 e. The highest BCUT2D eigenvalue weighted by Gasteiger charge is 2.19. The molecule has 0 bridgehead atoms. The molecule has 4 aromatic carbocycles. The maximum Gasteiger partial charge on any atom is 0.272 e. The Balaban J connectivity index is 1.26. The van der Waals surface area contributed by atoms with Gasteiger partial charge in [-0.1, -0.05) is 77.8 Å². The van der Waals surface area contributed by atoms with Crippen LogP contribution in [0.4, 0.5) is 10.8 Å². The van der Waals surface area contributed by atoms with Crippen LogP contribution in [0.25, 0.3) is 17.3 Å². The van der Waals surface area contributed by atoms with Gasteiger partial charge in [0.05, 0.1) is 10.9 Å². The Morgan fingerprint density at radius 3 is 2.40 bits per heavy atom. The molecule has 0 saturated heterocycles. The number of benzene rings is 4. The highest BCUT2D eigenvalue weighted by atomic mass is 35.5. The predicted molar refractivity (Wildman–Crippen MR) is 185 cm³/mol. The lowest BCUT2D eigenvalue weighted by atomic mass is 10.1. The Morgan fingerprint density at radius 1 is 0.867 bits per heavy atom. The van der Waals surface area contributed by atoms with Crippen molar-refractivity contribution in [1.82, 2.24) is 10.3 Å². The molecule has 1 heterocycles. The Morgan fingerprint density at radius 2 is 1.62 bits per heavy atom. The van der Waals surface area contributed by atoms with E-state index in [0.717, 1.165) is 10.5 Å². The van der Waals surface area contributed by atoms with Gasteiger partial charge in [-0.3, -0.25) is 14.4 Å². The molecule has 1 aromatic heterocycles. The maximum atomic E-state index is 13.4. The molecule has 7 nitrogen and oxygen atoms in total. The van der Waals surface area contributed by atoms with Gasteiger partial charge in [-0.15, -0.1) is 23.1 Å². The highest BCUT2D eigenvalue weighted by Crippen LogP contribution is 2.31. The molecule has 0 aliphatic carbocycles. The normalized spacial score (nSPS) is 11.8. The topological polar surface area (TPSA) is 100 Å². The van der Waals surface area contributed by atoms with E-state index in [1.165, 1.54) is 23.1 Å². The second kappa shape index (κ2) is 15.0. The number of nitrogens with one attached hydrogen (secondary N) is 3. The number of anilines is 2. The summed E-state index contributed by atoms with van der Waals surface area (Å²) in [6.45, 7) is 1.79. The molecule has 0 spiro atoms. The van der Waals surface area contributed by atoms with E-state index in [2.05, 4.69) is 20.9 Å². The summed E-state index contributed by atoms with van der Waals surface area (Å²) < 4.78 is 0. The van der Waals surface area contributed by atoms with Crippen molar-refractivity contribution in [2.24, 2.45) is 0 Å². The molecular formula is C34H26Cl2N4O3S2. The van der Waals surface area contributed by atoms with Crippen LogP contribution in [0.2, 0.25) is 10.0 Å². The molecule has 5 rings (SSSR count). The summed E-state index contributed by atoms with van der Waals surface area (Å²) in [5, 5.41) is 11.4. The zero-order valence-electron chi connectivity index (χ0n) is 23.8. The summed E-state index contributed by atoms with van der Waals surface area (Å²) in [6.07, 6.45) is 1.56. The van der Waals surface area contributed by atoms with Crippen LogP contribution in [0.15, 0.2) is 119 Å². The quantitative estimate of drug-likeness (QED) is 0.102. The van der Waals surface area contributed by atoms with Crippen LogP contribution in [-0.4, -0.2) is 28.0 Å². The van der Waals surface area contributed by atoms with Gasteiger partial charge in [0.2, 0.25) is 5.91 Å². The smallest absolute Gasteiger partial charge is 0.272 e. The number of nitrogens with zero attached hydrogens (tertiary/aromatic N) is 1. The van der Waals surface area contributed by atoms with Crippen molar-refractivity contribution < 1.29 is 14.4 Å². The van der Waals surface area contributed by atoms with Crippen molar-refractivity contribution in [2.75, 3.05) is 10.6 Å². The summed E-state index contributed by atoms with van der Waals surface area (Å²) in [6, 6.07) is 30.1. The second-order valence-electron chi connectivity index (χ2n) is 9.68. The van der Waals surface area contributed by atoms with Crippen LogP contribution in [0.3, 0.4) is 0 Å². The molecular weight excluding hydrogens is 647 g/mol. The number of carbonyl (C=O) groups excluding carboxylic acids is 3. The Bertz CT molecular complexity index is 1880. The summed E-state index contributed by atoms with van der Waals surface area (Å²) >= 11 is 15.1. The molecule has 0 aliphatic heterocycles. The second-order valence-corrected chi connectivity index (χ2v) is 12.8. The van der Waals surface area contributed by atoms with E-state index in [1.807, 2.05) is 29.6 Å². The summed E-state index contributed by atoms with van der Waals surface area (Å²) in [5.41, 5.74) is 3.07. The van der Waals surface area contributed by atoms with Crippen LogP contribution in [0.1, 0.15) is 22.8 Å². The Labute approximate surface area is 278 Å². The molecule has 11 heteroatoms. The van der Waals surface area contributed by atoms with Gasteiger partial charge in [-0.25, -0.2) is 4.98 Å². The lowest BCUT2D eigenvalue weighted by Gasteiger charge is -2.14. The number of aromatic nitrogens is 1. The molecule has 3 N–H and O–H groups in total. The van der Waals surface area contributed by atoms with Crippen LogP contribution in [0.5, 0.6) is 0 Å². The first-order valence-electron chi connectivity index (χ1n) is 13.7. The van der Waals surface area contributed by atoms with Gasteiger partial charge >= 0.3 is 0 Å². The number of hydrogen-bond acceptors (Lipinski definition) is 6. The summed E-state index contributed by atoms with van der Waals surface area (Å²) in [5.74, 6) is -1.17. The van der Waals surface area contributed by atoms with Crippen molar-refractivity contribution in [3.8, 4) is 11.3 Å². The highest BCUT2D eigenvalue weighted by molar-refractivity contribution is 8.00. The van der Waals surface area contributed by atoms with Gasteiger partial charge in [0.25, 0.3) is 11.8 Å². The molecule has 0 saturated carbocycles. The van der Waals surface area contributed by atoms with Crippen molar-refractivity contribution in [2.45, 2.75) is 17.1 Å². The molecule has 1 unspecified atom stereocenters. The number of amides is 3. The number of thioether (sulfide) groups is 1. The first kappa shape index (κ1) is 32.0. The summed E-state index contributed by atoms with van der Waals surface area (Å²) in [7, 11) is 0. The average Bonchev–Trinajstić information content (AvgIpc) is 3.49. The van der Waals surface area contributed by atoms with E-state index in [0.29, 0.717) is 37.7 Å². The minimum atomic E-state index is -0.523. The van der Waals surface area contributed by atoms with Crippen molar-refractivity contribution >= 4 is 80.9 Å². The number of carbonyl (C=O) groups is 3. The third kappa shape index (κ3) is 8.83. The van der Waals surface area contributed by atoms with E-state index in [9.17, 15) is 14.4 Å². The van der Waals surface area contributed by atoms with Crippen molar-refractivity contribution in [3.63, 3.8) is 0 Å². The summed E-state index contributed by atoms with van der Waals surface area (Å²) in [4.78, 5) is 44.6. The third-order valence-corrected chi connectivity index (χ3v) is 8.76. The lowest BCUT2D eigenvalue weighted by Crippen LogP contribution is -2.30. The molecule has 0 aliphatic rings. The number of thiazole rings is 1. The minimum absolute atomic E-state index is 0.0385. The molecule has 1 atom stereocenters. The van der Waals surface area contributed by atoms with E-state index >= 15 is 0 Å². The van der Waals surface area contributed by atoms with Gasteiger partial charge in [-0.2, -0.15) is 0 Å². The van der Waals surface area contributed by atoms with Gasteiger partial charge in [0, 0.05) is 37.1 Å². The number of halogens is 2. The monoisotopic (exact) mass is 672 g/mol. The van der Waals surface area contributed by atoms with E-state index in [1.54, 1.807) is 91.9 Å². The average molecular weight is 674 g/mol. The molecule has 0 fully saturated rings. The number of rotatable bonds is 10. The van der Waals surface area contributed by atoms with E-state index in [4.69, 9.17) is 23.2 Å². The molecule has 45 heavy (non-hydrogen) atoms. The maximum absolute atomic E-state index is 13.4. The molecule has 5 aromatic rings. The molecule has 3 amide bonds. The van der Waals surface area contributed by atoms with Crippen LogP contribution in [-0.2, 0) is 9.59 Å². The van der Waals surface area contributed by atoms with Crippen LogP contribution < -0.4 is 16.0 Å². The standard InChI is InChI=1S/C34H26Cl2N4O3S2/c1-21(31(41)40-34-39-30(20-44-34)27-15-5-6-16-28(27)36)45-26-14-8-13-25(19-26)37-33(43)29(18-22-9-7-12-24(35)17-22)38-32(42)23-10-3-2-4-11-23/h2-21H,1H3,(H,37,43)(H,38,42)(H,39,40,41)/b29-18-. The van der Waals surface area contributed by atoms with Crippen LogP contribution >= 0.6 is 46.3 Å². The zero-order valence-corrected chi connectivity index (χ0v) is 26.9. The van der Waals surface area contributed by atoms with E-state index < -0.39 is 17.1 Å². The van der Waals surface area contributed by atoms with Gasteiger partial charge in [-0.05, 0) is 67.1 Å². The van der Waals surface area contributed by atoms with Crippen molar-refractivity contribution in [3.05, 3.63) is 135 Å². The van der Waals surface area contributed by atoms with Gasteiger partial charge in [0.15, 0.2) is 5.13 Å². The minimum Gasteiger partial charge on any atom is -0.321 e. The van der Waals surface area contributed by atoms with Crippen LogP contribution in [0, 0.1) is 0 Å². The zero-order chi connectivity index (χ0) is 31.8. The Hall–Kier alpha value is -4.41. The first-order chi connectivity index (χ1) is 21.7. The fourth-order valence-electron chi connectivity index (χ4n) is 4.14. The number of hydrogen-bond donors (Lipinski definition) is 3. The van der Waals surface area contributed by atoms with Gasteiger partial charge < -0.3 is 16.0 Å². The van der Waals surface area contributed by atoms with Crippen molar-refractivity contribution in [1.29, 1.82) is 0 Å². The SMILES string of the molecule is CC(Sc1cccc(NC(=O)/C(=C/c2cccc(Cl)c2)NC(=O)c2ccccc2)c1)C(=O)Nc1nc(-c2ccccc2Cl)cs1. The predicted octanol–water partition coefficient (Wildman–Crippen LogP) is 8.65. The lowest BCUT2D eigenvalue weighted by molar-refractivity contribution is -0.115. The Kier molecular flexibility index (Phi) is 10.7. The first-order valence-corrected chi connectivity index (χ1v) is 16.2. The van der Waals surface area contributed by atoms with Gasteiger partial charge in [0.1, 0.15) is 5.70 Å².